The van der Waals surface area contributed by atoms with Gasteiger partial charge in [-0.15, -0.1) is 0 Å². The minimum absolute atomic E-state index is 0.439. The van der Waals surface area contributed by atoms with Crippen molar-refractivity contribution >= 4 is 28.9 Å². The molecule has 4 heterocycles. The number of ether oxygens (including phenoxy) is 1. The molecule has 1 N–H and O–H groups in total. The number of hydrogen-bond acceptors (Lipinski definition) is 6. The van der Waals surface area contributed by atoms with Gasteiger partial charge in [-0.1, -0.05) is 23.7 Å². The van der Waals surface area contributed by atoms with Gasteiger partial charge in [0.05, 0.1) is 35.9 Å². The van der Waals surface area contributed by atoms with E-state index < -0.39 is 0 Å². The number of imidazole rings is 1. The monoisotopic (exact) mass is 420 g/mol. The van der Waals surface area contributed by atoms with Crippen LogP contribution < -0.4 is 10.1 Å². The molecule has 0 atom stereocenters. The summed E-state index contributed by atoms with van der Waals surface area (Å²) >= 11 is 6.41. The molecule has 0 bridgehead atoms. The zero-order valence-electron chi connectivity index (χ0n) is 16.5. The number of nitrogens with zero attached hydrogens (tertiary/aromatic N) is 5. The van der Waals surface area contributed by atoms with Crippen LogP contribution in [0.15, 0.2) is 55.0 Å². The molecule has 0 unspecified atom stereocenters. The minimum Gasteiger partial charge on any atom is -0.495 e. The lowest BCUT2D eigenvalue weighted by molar-refractivity contribution is 0.172. The van der Waals surface area contributed by atoms with E-state index in [2.05, 4.69) is 37.3 Å². The number of halogens is 1. The largest absolute Gasteiger partial charge is 0.495 e. The third-order valence-corrected chi connectivity index (χ3v) is 5.55. The predicted octanol–water partition coefficient (Wildman–Crippen LogP) is 4.40. The number of methoxy groups -OCH3 is 1. The maximum atomic E-state index is 6.41. The second-order valence-electron chi connectivity index (χ2n) is 7.25. The van der Waals surface area contributed by atoms with E-state index in [0.29, 0.717) is 16.7 Å². The number of aromatic nitrogens is 4. The highest BCUT2D eigenvalue weighted by molar-refractivity contribution is 6.32. The van der Waals surface area contributed by atoms with Crippen LogP contribution in [-0.2, 0) is 6.54 Å². The fraction of sp³-hybridized carbons (Fsp3) is 0.227. The summed E-state index contributed by atoms with van der Waals surface area (Å²) in [6.45, 7) is 3.26. The molecule has 1 fully saturated rings. The first-order chi connectivity index (χ1) is 14.7. The molecule has 0 aliphatic carbocycles. The minimum atomic E-state index is 0.439. The molecule has 3 aromatic heterocycles. The molecular weight excluding hydrogens is 400 g/mol. The van der Waals surface area contributed by atoms with Gasteiger partial charge in [0, 0.05) is 12.7 Å². The third kappa shape index (κ3) is 3.58. The van der Waals surface area contributed by atoms with Crippen molar-refractivity contribution in [3.63, 3.8) is 0 Å². The van der Waals surface area contributed by atoms with Crippen molar-refractivity contribution in [3.05, 3.63) is 65.6 Å². The first kappa shape index (κ1) is 18.8. The van der Waals surface area contributed by atoms with Crippen LogP contribution in [0, 0.1) is 0 Å². The van der Waals surface area contributed by atoms with Crippen LogP contribution in [0.3, 0.4) is 0 Å². The standard InChI is InChI=1S/C22H21ClN6O/c1-30-19-11-15(14-28-8-4-9-28)6-7-17(19)26-22-25-12-16(23)21(27-22)18-13-24-20-5-2-3-10-29(18)20/h2-3,5-7,10-13H,4,8-9,14H2,1H3,(H,25,26,27). The lowest BCUT2D eigenvalue weighted by Gasteiger charge is -2.30. The Morgan fingerprint density at radius 3 is 2.83 bits per heavy atom. The Morgan fingerprint density at radius 2 is 2.03 bits per heavy atom. The SMILES string of the molecule is COc1cc(CN2CCC2)ccc1Nc1ncc(Cl)c(-c2cnc3ccccn23)n1. The normalized spacial score (nSPS) is 13.9. The summed E-state index contributed by atoms with van der Waals surface area (Å²) < 4.78 is 7.55. The van der Waals surface area contributed by atoms with Crippen LogP contribution >= 0.6 is 11.6 Å². The summed E-state index contributed by atoms with van der Waals surface area (Å²) in [6.07, 6.45) is 6.57. The number of pyridine rings is 1. The Balaban J connectivity index is 1.45. The topological polar surface area (TPSA) is 67.6 Å². The van der Waals surface area contributed by atoms with Gasteiger partial charge < -0.3 is 10.1 Å². The highest BCUT2D eigenvalue weighted by atomic mass is 35.5. The van der Waals surface area contributed by atoms with Crippen LogP contribution in [0.4, 0.5) is 11.6 Å². The van der Waals surface area contributed by atoms with E-state index >= 15 is 0 Å². The fourth-order valence-corrected chi connectivity index (χ4v) is 3.76. The van der Waals surface area contributed by atoms with Crippen LogP contribution in [0.1, 0.15) is 12.0 Å². The van der Waals surface area contributed by atoms with E-state index in [1.165, 1.54) is 12.0 Å². The number of likely N-dealkylation sites (tertiary alicyclic amines) is 1. The van der Waals surface area contributed by atoms with Crippen molar-refractivity contribution in [1.82, 2.24) is 24.3 Å². The first-order valence-corrected chi connectivity index (χ1v) is 10.2. The molecule has 0 saturated carbocycles. The smallest absolute Gasteiger partial charge is 0.227 e. The molecule has 152 valence electrons. The molecule has 0 amide bonds. The average molecular weight is 421 g/mol. The van der Waals surface area contributed by atoms with Gasteiger partial charge in [0.1, 0.15) is 17.1 Å². The maximum absolute atomic E-state index is 6.41. The lowest BCUT2D eigenvalue weighted by atomic mass is 10.1. The summed E-state index contributed by atoms with van der Waals surface area (Å²) in [5.74, 6) is 1.19. The Hall–Kier alpha value is -3.16. The zero-order chi connectivity index (χ0) is 20.5. The van der Waals surface area contributed by atoms with Crippen LogP contribution in [0.5, 0.6) is 5.75 Å². The van der Waals surface area contributed by atoms with E-state index in [0.717, 1.165) is 42.4 Å². The number of benzene rings is 1. The summed E-state index contributed by atoms with van der Waals surface area (Å²) in [7, 11) is 1.67. The first-order valence-electron chi connectivity index (χ1n) is 9.82. The molecule has 4 aromatic rings. The van der Waals surface area contributed by atoms with Crippen LogP contribution in [0.2, 0.25) is 5.02 Å². The van der Waals surface area contributed by atoms with Crippen LogP contribution in [0.25, 0.3) is 17.0 Å². The molecule has 5 rings (SSSR count). The number of fused-ring (bicyclic) bond motifs is 1. The molecule has 1 aromatic carbocycles. The van der Waals surface area contributed by atoms with Crippen molar-refractivity contribution in [2.45, 2.75) is 13.0 Å². The number of hydrogen-bond donors (Lipinski definition) is 1. The highest BCUT2D eigenvalue weighted by Gasteiger charge is 2.16. The molecule has 7 nitrogen and oxygen atoms in total. The number of anilines is 2. The van der Waals surface area contributed by atoms with Crippen molar-refractivity contribution in [2.75, 3.05) is 25.5 Å². The van der Waals surface area contributed by atoms with Gasteiger partial charge in [0.15, 0.2) is 0 Å². The van der Waals surface area contributed by atoms with E-state index in [-0.39, 0.29) is 0 Å². The van der Waals surface area contributed by atoms with Gasteiger partial charge in [0.2, 0.25) is 5.95 Å². The highest BCUT2D eigenvalue weighted by Crippen LogP contribution is 2.31. The zero-order valence-corrected chi connectivity index (χ0v) is 17.3. The maximum Gasteiger partial charge on any atom is 0.227 e. The molecule has 1 aliphatic rings. The van der Waals surface area contributed by atoms with Gasteiger partial charge in [-0.25, -0.2) is 15.0 Å². The van der Waals surface area contributed by atoms with Crippen molar-refractivity contribution < 1.29 is 4.74 Å². The van der Waals surface area contributed by atoms with Crippen molar-refractivity contribution in [1.29, 1.82) is 0 Å². The Morgan fingerprint density at radius 1 is 1.13 bits per heavy atom. The summed E-state index contributed by atoms with van der Waals surface area (Å²) in [5.41, 5.74) is 4.27. The Bertz CT molecular complexity index is 1200. The molecule has 8 heteroatoms. The van der Waals surface area contributed by atoms with Gasteiger partial charge >= 0.3 is 0 Å². The Labute approximate surface area is 179 Å². The molecule has 0 radical (unpaired) electrons. The van der Waals surface area contributed by atoms with E-state index in [9.17, 15) is 0 Å². The molecule has 0 spiro atoms. The fourth-order valence-electron chi connectivity index (χ4n) is 3.57. The van der Waals surface area contributed by atoms with E-state index in [1.807, 2.05) is 34.9 Å². The van der Waals surface area contributed by atoms with Gasteiger partial charge in [-0.05, 0) is 49.3 Å². The second-order valence-corrected chi connectivity index (χ2v) is 7.66. The van der Waals surface area contributed by atoms with Gasteiger partial charge in [0.25, 0.3) is 0 Å². The average Bonchev–Trinajstić information content (AvgIpc) is 3.17. The molecule has 1 saturated heterocycles. The quantitative estimate of drug-likeness (QED) is 0.498. The summed E-state index contributed by atoms with van der Waals surface area (Å²) in [4.78, 5) is 15.8. The second kappa shape index (κ2) is 7.93. The third-order valence-electron chi connectivity index (χ3n) is 5.27. The van der Waals surface area contributed by atoms with Crippen LogP contribution in [-0.4, -0.2) is 44.5 Å². The summed E-state index contributed by atoms with van der Waals surface area (Å²) in [6, 6.07) is 12.0. The van der Waals surface area contributed by atoms with E-state index in [1.54, 1.807) is 19.5 Å². The summed E-state index contributed by atoms with van der Waals surface area (Å²) in [5, 5.41) is 3.72. The number of nitrogens with one attached hydrogen (secondary N) is 1. The predicted molar refractivity (Wildman–Crippen MR) is 117 cm³/mol. The van der Waals surface area contributed by atoms with Crippen molar-refractivity contribution in [2.24, 2.45) is 0 Å². The molecule has 30 heavy (non-hydrogen) atoms. The van der Waals surface area contributed by atoms with Crippen molar-refractivity contribution in [3.8, 4) is 17.1 Å². The lowest BCUT2D eigenvalue weighted by Crippen LogP contribution is -2.36. The Kier molecular flexibility index (Phi) is 4.98. The number of rotatable bonds is 6. The van der Waals surface area contributed by atoms with Gasteiger partial charge in [-0.3, -0.25) is 9.30 Å². The molecular formula is C22H21ClN6O. The molecule has 1 aliphatic heterocycles. The van der Waals surface area contributed by atoms with Gasteiger partial charge in [-0.2, -0.15) is 0 Å². The van der Waals surface area contributed by atoms with E-state index in [4.69, 9.17) is 16.3 Å².